The molecule has 3 fully saturated rings. The summed E-state index contributed by atoms with van der Waals surface area (Å²) in [6, 6.07) is 2.10. The fraction of sp³-hybridized carbons (Fsp3) is 0.735. The Morgan fingerprint density at radius 2 is 1.78 bits per heavy atom. The number of esters is 2. The molecule has 5 rings (SSSR count). The summed E-state index contributed by atoms with van der Waals surface area (Å²) in [6.07, 6.45) is 7.68. The van der Waals surface area contributed by atoms with Gasteiger partial charge in [-0.2, -0.15) is 5.26 Å². The Hall–Kier alpha value is -2.75. The molecule has 0 N–H and O–H groups in total. The minimum absolute atomic E-state index is 0.0342. The number of fused-ring (bicyclic) bond motifs is 5. The molecule has 1 saturated heterocycles. The van der Waals surface area contributed by atoms with Crippen LogP contribution in [0.2, 0.25) is 0 Å². The van der Waals surface area contributed by atoms with Gasteiger partial charge in [-0.15, -0.1) is 0 Å². The second-order valence-electron chi connectivity index (χ2n) is 15.7. The largest absolute Gasteiger partial charge is 0.465 e. The molecule has 0 aromatic heterocycles. The van der Waals surface area contributed by atoms with Crippen LogP contribution in [0.25, 0.3) is 0 Å². The predicted octanol–water partition coefficient (Wildman–Crippen LogP) is 6.06. The van der Waals surface area contributed by atoms with E-state index in [1.807, 2.05) is 13.8 Å². The Kier molecular flexibility index (Phi) is 6.27. The van der Waals surface area contributed by atoms with E-state index in [0.717, 1.165) is 12.0 Å². The van der Waals surface area contributed by atoms with Crippen LogP contribution in [0.3, 0.4) is 0 Å². The first-order chi connectivity index (χ1) is 18.8. The van der Waals surface area contributed by atoms with Gasteiger partial charge in [0.05, 0.1) is 16.4 Å². The van der Waals surface area contributed by atoms with Crippen LogP contribution < -0.4 is 0 Å². The second kappa shape index (κ2) is 8.64. The first kappa shape index (κ1) is 29.7. The van der Waals surface area contributed by atoms with Crippen LogP contribution in [0.1, 0.15) is 101 Å². The SMILES string of the molecule is CC(=O)OC[C@]1(C)C(=O)C(C#N)=C[C@]2(C)C3=CC(=O)[C@@]45OC(=O)[C@@](CCC(C)(C)C)(CC[C@@]4(C)[C@]3(C)CCC21)C5C. The summed E-state index contributed by atoms with van der Waals surface area (Å²) in [7, 11) is 0. The molecule has 2 saturated carbocycles. The molecule has 0 amide bonds. The fourth-order valence-electron chi connectivity index (χ4n) is 10.00. The van der Waals surface area contributed by atoms with Crippen LogP contribution in [-0.2, 0) is 28.7 Å². The zero-order chi connectivity index (χ0) is 30.6. The van der Waals surface area contributed by atoms with Crippen LogP contribution in [0, 0.1) is 55.7 Å². The molecule has 4 aliphatic carbocycles. The summed E-state index contributed by atoms with van der Waals surface area (Å²) in [6.45, 7) is 17.9. The normalized spacial score (nSPS) is 44.9. The van der Waals surface area contributed by atoms with E-state index in [4.69, 9.17) is 9.47 Å². The topological polar surface area (TPSA) is 111 Å². The lowest BCUT2D eigenvalue weighted by Gasteiger charge is -2.68. The summed E-state index contributed by atoms with van der Waals surface area (Å²) in [4.78, 5) is 53.8. The monoisotopic (exact) mass is 563 g/mol. The third-order valence-electron chi connectivity index (χ3n) is 12.7. The standard InChI is InChI=1S/C34H45NO6/c1-20-33(14-12-28(3,4)5)15-13-32(9)31(8)11-10-23-29(6,24(31)16-25(37)34(20,32)41-27(33)39)17-22(18-35)26(38)30(23,7)19-40-21(2)36/h16-17,20,23H,10-15,19H2,1-9H3/t20?,23?,29-,30-,31+,32-,33-,34+/m0/s1. The van der Waals surface area contributed by atoms with E-state index in [-0.39, 0.29) is 47.0 Å². The Balaban J connectivity index is 1.67. The Labute approximate surface area is 244 Å². The van der Waals surface area contributed by atoms with E-state index in [2.05, 4.69) is 40.7 Å². The van der Waals surface area contributed by atoms with Crippen molar-refractivity contribution in [2.24, 2.45) is 44.3 Å². The van der Waals surface area contributed by atoms with Gasteiger partial charge in [-0.25, -0.2) is 0 Å². The lowest BCUT2D eigenvalue weighted by atomic mass is 9.34. The highest BCUT2D eigenvalue weighted by molar-refractivity contribution is 6.07. The molecule has 0 aromatic rings. The number of allylic oxidation sites excluding steroid dienone is 3. The summed E-state index contributed by atoms with van der Waals surface area (Å²) < 4.78 is 11.8. The molecule has 2 unspecified atom stereocenters. The van der Waals surface area contributed by atoms with Gasteiger partial charge in [-0.3, -0.25) is 19.2 Å². The van der Waals surface area contributed by atoms with Crippen LogP contribution in [-0.4, -0.2) is 35.7 Å². The highest BCUT2D eigenvalue weighted by Gasteiger charge is 2.80. The van der Waals surface area contributed by atoms with Crippen molar-refractivity contribution >= 4 is 23.5 Å². The fourth-order valence-corrected chi connectivity index (χ4v) is 10.00. The van der Waals surface area contributed by atoms with Gasteiger partial charge in [-0.1, -0.05) is 54.5 Å². The molecule has 41 heavy (non-hydrogen) atoms. The first-order valence-electron chi connectivity index (χ1n) is 15.1. The number of carbonyl (C=O) groups excluding carboxylic acids is 4. The Morgan fingerprint density at radius 3 is 2.37 bits per heavy atom. The van der Waals surface area contributed by atoms with Crippen LogP contribution in [0.4, 0.5) is 0 Å². The molecule has 8 atom stereocenters. The van der Waals surface area contributed by atoms with Crippen molar-refractivity contribution in [3.05, 3.63) is 23.3 Å². The number of carbonyl (C=O) groups is 4. The van der Waals surface area contributed by atoms with E-state index in [1.54, 1.807) is 19.1 Å². The van der Waals surface area contributed by atoms with Gasteiger partial charge in [0.15, 0.2) is 17.2 Å². The van der Waals surface area contributed by atoms with Crippen LogP contribution >= 0.6 is 0 Å². The number of nitrogens with zero attached hydrogens (tertiary/aromatic N) is 1. The smallest absolute Gasteiger partial charge is 0.313 e. The molecule has 0 radical (unpaired) electrons. The van der Waals surface area contributed by atoms with Crippen molar-refractivity contribution in [2.75, 3.05) is 6.61 Å². The number of hydrogen-bond acceptors (Lipinski definition) is 7. The quantitative estimate of drug-likeness (QED) is 0.382. The van der Waals surface area contributed by atoms with Gasteiger partial charge < -0.3 is 9.47 Å². The van der Waals surface area contributed by atoms with Gasteiger partial charge in [0, 0.05) is 23.7 Å². The molecular formula is C34H45NO6. The van der Waals surface area contributed by atoms with E-state index in [9.17, 15) is 24.4 Å². The molecule has 1 heterocycles. The first-order valence-corrected chi connectivity index (χ1v) is 15.1. The van der Waals surface area contributed by atoms with E-state index in [0.29, 0.717) is 32.1 Å². The Morgan fingerprint density at radius 1 is 1.12 bits per heavy atom. The summed E-state index contributed by atoms with van der Waals surface area (Å²) >= 11 is 0. The van der Waals surface area contributed by atoms with Crippen molar-refractivity contribution in [2.45, 2.75) is 106 Å². The average Bonchev–Trinajstić information content (AvgIpc) is 3.03. The summed E-state index contributed by atoms with van der Waals surface area (Å²) in [5, 5.41) is 10.0. The van der Waals surface area contributed by atoms with Gasteiger partial charge in [-0.05, 0) is 73.8 Å². The number of ether oxygens (including phenoxy) is 2. The van der Waals surface area contributed by atoms with Crippen LogP contribution in [0.5, 0.6) is 0 Å². The van der Waals surface area contributed by atoms with Crippen LogP contribution in [0.15, 0.2) is 23.3 Å². The van der Waals surface area contributed by atoms with Gasteiger partial charge in [0.25, 0.3) is 0 Å². The van der Waals surface area contributed by atoms with E-state index < -0.39 is 38.6 Å². The third-order valence-corrected chi connectivity index (χ3v) is 12.7. The minimum atomic E-state index is -1.25. The van der Waals surface area contributed by atoms with E-state index >= 15 is 0 Å². The predicted molar refractivity (Wildman–Crippen MR) is 152 cm³/mol. The third kappa shape index (κ3) is 3.48. The lowest BCUT2D eigenvalue weighted by molar-refractivity contribution is -0.200. The average molecular weight is 564 g/mol. The van der Waals surface area contributed by atoms with E-state index in [1.165, 1.54) is 6.92 Å². The maximum absolute atomic E-state index is 14.5. The van der Waals surface area contributed by atoms with Gasteiger partial charge in [0.1, 0.15) is 12.7 Å². The summed E-state index contributed by atoms with van der Waals surface area (Å²) in [5.74, 6) is -1.78. The number of nitriles is 1. The maximum atomic E-state index is 14.5. The van der Waals surface area contributed by atoms with Crippen molar-refractivity contribution in [3.63, 3.8) is 0 Å². The molecule has 7 heteroatoms. The Bertz CT molecular complexity index is 1360. The molecule has 5 aliphatic rings. The number of rotatable bonds is 4. The second-order valence-corrected chi connectivity index (χ2v) is 15.7. The lowest BCUT2D eigenvalue weighted by Crippen LogP contribution is -2.70. The summed E-state index contributed by atoms with van der Waals surface area (Å²) in [5.41, 5.74) is -4.06. The molecule has 1 aliphatic heterocycles. The van der Waals surface area contributed by atoms with Crippen molar-refractivity contribution in [1.29, 1.82) is 5.26 Å². The molecule has 1 spiro atoms. The molecule has 222 valence electrons. The zero-order valence-electron chi connectivity index (χ0n) is 26.2. The van der Waals surface area contributed by atoms with Gasteiger partial charge in [0.2, 0.25) is 0 Å². The molecule has 2 bridgehead atoms. The molecule has 7 nitrogen and oxygen atoms in total. The van der Waals surface area contributed by atoms with Crippen molar-refractivity contribution in [3.8, 4) is 6.07 Å². The zero-order valence-corrected chi connectivity index (χ0v) is 26.2. The van der Waals surface area contributed by atoms with Gasteiger partial charge >= 0.3 is 11.9 Å². The van der Waals surface area contributed by atoms with Crippen molar-refractivity contribution < 1.29 is 28.7 Å². The highest BCUT2D eigenvalue weighted by atomic mass is 16.6. The molecule has 0 aromatic carbocycles. The molecular weight excluding hydrogens is 518 g/mol. The maximum Gasteiger partial charge on any atom is 0.313 e. The van der Waals surface area contributed by atoms with Crippen molar-refractivity contribution in [1.82, 2.24) is 0 Å². The minimum Gasteiger partial charge on any atom is -0.465 e. The highest BCUT2D eigenvalue weighted by Crippen LogP contribution is 2.76. The number of ketones is 2. The number of Topliss-reactive ketones (excluding diaryl/α,β-unsaturated/α-hetero) is 1. The number of hydrogen-bond donors (Lipinski definition) is 0.